The molecule has 8 heteroatoms. The quantitative estimate of drug-likeness (QED) is 0.409. The number of benzene rings is 2. The third-order valence-electron chi connectivity index (χ3n) is 3.43. The maximum absolute atomic E-state index is 12.9. The van der Waals surface area contributed by atoms with E-state index in [-0.39, 0.29) is 12.4 Å². The standard InChI is InChI=1S/C20H18ClF3O4/c1-3-26-18(25)12-7-13(2)27-14-8-10-15(11-9-14)28-17-6-4-5-16(19(17)21)20(22,23)24/h4-13H,3H2,1-2H3/b12-7+. The molecule has 4 nitrogen and oxygen atoms in total. The number of carbonyl (C=O) groups excluding carboxylic acids is 1. The molecule has 0 bridgehead atoms. The highest BCUT2D eigenvalue weighted by molar-refractivity contribution is 6.32. The first-order valence-corrected chi connectivity index (χ1v) is 8.73. The fourth-order valence-corrected chi connectivity index (χ4v) is 2.45. The van der Waals surface area contributed by atoms with E-state index < -0.39 is 28.8 Å². The summed E-state index contributed by atoms with van der Waals surface area (Å²) in [6.07, 6.45) is -2.14. The van der Waals surface area contributed by atoms with Gasteiger partial charge in [0.2, 0.25) is 0 Å². The maximum atomic E-state index is 12.9. The summed E-state index contributed by atoms with van der Waals surface area (Å²) in [6.45, 7) is 3.74. The second-order valence-electron chi connectivity index (χ2n) is 5.62. The Hall–Kier alpha value is -2.67. The fraction of sp³-hybridized carbons (Fsp3) is 0.250. The molecule has 1 unspecified atom stereocenters. The van der Waals surface area contributed by atoms with E-state index in [0.29, 0.717) is 11.5 Å². The Morgan fingerprint density at radius 3 is 2.39 bits per heavy atom. The SMILES string of the molecule is CCOC(=O)/C=C/C(C)Oc1ccc(Oc2cccc(C(F)(F)F)c2Cl)cc1. The molecule has 150 valence electrons. The Morgan fingerprint density at radius 1 is 1.14 bits per heavy atom. The van der Waals surface area contributed by atoms with E-state index in [9.17, 15) is 18.0 Å². The van der Waals surface area contributed by atoms with Gasteiger partial charge in [-0.05, 0) is 56.3 Å². The lowest BCUT2D eigenvalue weighted by atomic mass is 10.2. The number of hydrogen-bond acceptors (Lipinski definition) is 4. The summed E-state index contributed by atoms with van der Waals surface area (Å²) in [4.78, 5) is 11.3. The van der Waals surface area contributed by atoms with Crippen molar-refractivity contribution < 1.29 is 32.2 Å². The van der Waals surface area contributed by atoms with Gasteiger partial charge < -0.3 is 14.2 Å². The summed E-state index contributed by atoms with van der Waals surface area (Å²) in [5.74, 6) is 0.224. The molecule has 0 amide bonds. The molecule has 0 radical (unpaired) electrons. The van der Waals surface area contributed by atoms with Gasteiger partial charge in [-0.1, -0.05) is 17.7 Å². The van der Waals surface area contributed by atoms with E-state index in [1.807, 2.05) is 0 Å². The first-order valence-electron chi connectivity index (χ1n) is 8.36. The minimum atomic E-state index is -4.57. The van der Waals surface area contributed by atoms with Crippen molar-refractivity contribution in [1.29, 1.82) is 0 Å². The van der Waals surface area contributed by atoms with Gasteiger partial charge in [-0.2, -0.15) is 13.2 Å². The lowest BCUT2D eigenvalue weighted by Gasteiger charge is -2.14. The van der Waals surface area contributed by atoms with Crippen molar-refractivity contribution in [2.75, 3.05) is 6.61 Å². The van der Waals surface area contributed by atoms with Crippen LogP contribution in [0.2, 0.25) is 5.02 Å². The van der Waals surface area contributed by atoms with Crippen LogP contribution in [0.1, 0.15) is 19.4 Å². The van der Waals surface area contributed by atoms with E-state index in [1.165, 1.54) is 30.3 Å². The first-order chi connectivity index (χ1) is 13.2. The minimum Gasteiger partial charge on any atom is -0.487 e. The third kappa shape index (κ3) is 6.20. The first kappa shape index (κ1) is 21.6. The number of esters is 1. The number of carbonyl (C=O) groups is 1. The Kier molecular flexibility index (Phi) is 7.34. The van der Waals surface area contributed by atoms with Crippen molar-refractivity contribution >= 4 is 17.6 Å². The highest BCUT2D eigenvalue weighted by Gasteiger charge is 2.34. The van der Waals surface area contributed by atoms with Crippen molar-refractivity contribution in [2.45, 2.75) is 26.1 Å². The summed E-state index contributed by atoms with van der Waals surface area (Å²) >= 11 is 5.81. The molecule has 1 atom stereocenters. The van der Waals surface area contributed by atoms with E-state index in [1.54, 1.807) is 32.1 Å². The van der Waals surface area contributed by atoms with Crippen LogP contribution < -0.4 is 9.47 Å². The van der Waals surface area contributed by atoms with Gasteiger partial charge in [0.1, 0.15) is 23.4 Å². The summed E-state index contributed by atoms with van der Waals surface area (Å²) in [5.41, 5.74) is -0.964. The summed E-state index contributed by atoms with van der Waals surface area (Å²) < 4.78 is 54.6. The lowest BCUT2D eigenvalue weighted by Crippen LogP contribution is -2.09. The minimum absolute atomic E-state index is 0.101. The van der Waals surface area contributed by atoms with Crippen LogP contribution in [0, 0.1) is 0 Å². The molecule has 0 N–H and O–H groups in total. The van der Waals surface area contributed by atoms with Gasteiger partial charge in [0, 0.05) is 6.08 Å². The van der Waals surface area contributed by atoms with Gasteiger partial charge >= 0.3 is 12.1 Å². The predicted molar refractivity (Wildman–Crippen MR) is 98.8 cm³/mol. The zero-order valence-corrected chi connectivity index (χ0v) is 15.9. The number of hydrogen-bond donors (Lipinski definition) is 0. The average molecular weight is 415 g/mol. The maximum Gasteiger partial charge on any atom is 0.417 e. The third-order valence-corrected chi connectivity index (χ3v) is 3.82. The van der Waals surface area contributed by atoms with Crippen LogP contribution in [-0.4, -0.2) is 18.7 Å². The van der Waals surface area contributed by atoms with Crippen molar-refractivity contribution in [3.8, 4) is 17.2 Å². The van der Waals surface area contributed by atoms with Gasteiger partial charge in [-0.15, -0.1) is 0 Å². The number of halogens is 4. The molecule has 0 aliphatic heterocycles. The van der Waals surface area contributed by atoms with Gasteiger partial charge in [0.25, 0.3) is 0 Å². The zero-order chi connectivity index (χ0) is 20.7. The van der Waals surface area contributed by atoms with Gasteiger partial charge in [0.05, 0.1) is 17.2 Å². The monoisotopic (exact) mass is 414 g/mol. The molecular formula is C20H18ClF3O4. The van der Waals surface area contributed by atoms with E-state index in [2.05, 4.69) is 0 Å². The summed E-state index contributed by atoms with van der Waals surface area (Å²) in [7, 11) is 0. The second kappa shape index (κ2) is 9.50. The smallest absolute Gasteiger partial charge is 0.417 e. The second-order valence-corrected chi connectivity index (χ2v) is 6.00. The highest BCUT2D eigenvalue weighted by Crippen LogP contribution is 2.40. The number of alkyl halides is 3. The number of ether oxygens (including phenoxy) is 3. The fourth-order valence-electron chi connectivity index (χ4n) is 2.18. The molecular weight excluding hydrogens is 397 g/mol. The Morgan fingerprint density at radius 2 is 1.79 bits per heavy atom. The molecule has 2 rings (SSSR count). The molecule has 2 aromatic rings. The lowest BCUT2D eigenvalue weighted by molar-refractivity contribution is -0.138. The molecule has 0 spiro atoms. The van der Waals surface area contributed by atoms with Crippen molar-refractivity contribution in [2.24, 2.45) is 0 Å². The van der Waals surface area contributed by atoms with Gasteiger partial charge in [0.15, 0.2) is 0 Å². The molecule has 28 heavy (non-hydrogen) atoms. The summed E-state index contributed by atoms with van der Waals surface area (Å²) in [6, 6.07) is 9.71. The molecule has 0 aromatic heterocycles. The molecule has 0 aliphatic rings. The van der Waals surface area contributed by atoms with E-state index in [4.69, 9.17) is 25.8 Å². The predicted octanol–water partition coefficient (Wildman–Crippen LogP) is 6.04. The molecule has 0 saturated carbocycles. The van der Waals surface area contributed by atoms with Crippen LogP contribution in [-0.2, 0) is 15.7 Å². The van der Waals surface area contributed by atoms with E-state index in [0.717, 1.165) is 6.07 Å². The largest absolute Gasteiger partial charge is 0.487 e. The van der Waals surface area contributed by atoms with Crippen LogP contribution in [0.3, 0.4) is 0 Å². The normalized spacial score (nSPS) is 12.6. The van der Waals surface area contributed by atoms with Gasteiger partial charge in [-0.25, -0.2) is 4.79 Å². The Bertz CT molecular complexity index is 832. The van der Waals surface area contributed by atoms with Crippen molar-refractivity contribution in [3.63, 3.8) is 0 Å². The molecule has 2 aromatic carbocycles. The van der Waals surface area contributed by atoms with Crippen LogP contribution in [0.25, 0.3) is 0 Å². The summed E-state index contributed by atoms with van der Waals surface area (Å²) in [5, 5.41) is -0.506. The number of rotatable bonds is 7. The molecule has 0 heterocycles. The van der Waals surface area contributed by atoms with Crippen molar-refractivity contribution in [1.82, 2.24) is 0 Å². The Balaban J connectivity index is 2.03. The Labute approximate surface area is 165 Å². The van der Waals surface area contributed by atoms with Crippen LogP contribution >= 0.6 is 11.6 Å². The molecule has 0 aliphatic carbocycles. The highest BCUT2D eigenvalue weighted by atomic mass is 35.5. The van der Waals surface area contributed by atoms with E-state index >= 15 is 0 Å². The molecule has 0 fully saturated rings. The van der Waals surface area contributed by atoms with Crippen molar-refractivity contribution in [3.05, 3.63) is 65.2 Å². The van der Waals surface area contributed by atoms with Crippen LogP contribution in [0.5, 0.6) is 17.2 Å². The van der Waals surface area contributed by atoms with Crippen LogP contribution in [0.4, 0.5) is 13.2 Å². The topological polar surface area (TPSA) is 44.8 Å². The average Bonchev–Trinajstić information content (AvgIpc) is 2.62. The van der Waals surface area contributed by atoms with Gasteiger partial charge in [-0.3, -0.25) is 0 Å². The zero-order valence-electron chi connectivity index (χ0n) is 15.1. The van der Waals surface area contributed by atoms with Crippen LogP contribution in [0.15, 0.2) is 54.6 Å². The molecule has 0 saturated heterocycles.